The minimum Gasteiger partial charge on any atom is -0.369 e. The van der Waals surface area contributed by atoms with E-state index in [2.05, 4.69) is 10.7 Å². The Morgan fingerprint density at radius 2 is 2.00 bits per heavy atom. The van der Waals surface area contributed by atoms with Crippen LogP contribution in [0.15, 0.2) is 0 Å². The third kappa shape index (κ3) is 3.43. The van der Waals surface area contributed by atoms with Crippen molar-refractivity contribution < 1.29 is 9.59 Å². The summed E-state index contributed by atoms with van der Waals surface area (Å²) in [6.45, 7) is 3.09. The molecule has 4 N–H and O–H groups in total. The molecule has 0 spiro atoms. The van der Waals surface area contributed by atoms with Crippen LogP contribution in [0.1, 0.15) is 25.7 Å². The number of amides is 2. The lowest BCUT2D eigenvalue weighted by atomic mass is 9.98. The number of rotatable bonds is 3. The Morgan fingerprint density at radius 3 is 2.67 bits per heavy atom. The first-order valence-electron chi connectivity index (χ1n) is 6.72. The highest BCUT2D eigenvalue weighted by Crippen LogP contribution is 2.15. The second-order valence-corrected chi connectivity index (χ2v) is 5.21. The van der Waals surface area contributed by atoms with Gasteiger partial charge in [0, 0.05) is 19.6 Å². The summed E-state index contributed by atoms with van der Waals surface area (Å²) in [5, 5.41) is 5.07. The van der Waals surface area contributed by atoms with Gasteiger partial charge in [0.25, 0.3) is 0 Å². The summed E-state index contributed by atoms with van der Waals surface area (Å²) < 4.78 is 0. The van der Waals surface area contributed by atoms with Crippen LogP contribution >= 0.6 is 0 Å². The van der Waals surface area contributed by atoms with Crippen molar-refractivity contribution in [1.82, 2.24) is 15.8 Å². The van der Waals surface area contributed by atoms with E-state index in [-0.39, 0.29) is 23.7 Å². The van der Waals surface area contributed by atoms with Gasteiger partial charge in [-0.2, -0.15) is 0 Å². The molecule has 0 saturated carbocycles. The van der Waals surface area contributed by atoms with Crippen molar-refractivity contribution in [2.45, 2.75) is 25.7 Å². The van der Waals surface area contributed by atoms with Gasteiger partial charge in [0.1, 0.15) is 0 Å². The molecule has 18 heavy (non-hydrogen) atoms. The third-order valence-corrected chi connectivity index (χ3v) is 3.76. The topological polar surface area (TPSA) is 87.5 Å². The highest BCUT2D eigenvalue weighted by Gasteiger charge is 2.27. The lowest BCUT2D eigenvalue weighted by Gasteiger charge is -2.33. The van der Waals surface area contributed by atoms with Gasteiger partial charge in [0.15, 0.2) is 0 Å². The van der Waals surface area contributed by atoms with E-state index in [9.17, 15) is 9.59 Å². The van der Waals surface area contributed by atoms with E-state index in [0.717, 1.165) is 45.3 Å². The van der Waals surface area contributed by atoms with E-state index in [0.29, 0.717) is 6.54 Å². The molecule has 0 aliphatic carbocycles. The SMILES string of the molecule is NC(=O)C1CCCN(NC(=O)C2CCCNC2)C1. The normalized spacial score (nSPS) is 29.8. The average Bonchev–Trinajstić information content (AvgIpc) is 2.40. The molecule has 2 atom stereocenters. The van der Waals surface area contributed by atoms with Crippen LogP contribution in [0, 0.1) is 11.8 Å². The number of nitrogens with zero attached hydrogens (tertiary/aromatic N) is 1. The van der Waals surface area contributed by atoms with Crippen LogP contribution in [0.4, 0.5) is 0 Å². The Balaban J connectivity index is 1.81. The van der Waals surface area contributed by atoms with Gasteiger partial charge in [0.2, 0.25) is 11.8 Å². The molecule has 2 heterocycles. The summed E-state index contributed by atoms with van der Waals surface area (Å²) >= 11 is 0. The predicted molar refractivity (Wildman–Crippen MR) is 67.2 cm³/mol. The molecule has 2 rings (SSSR count). The summed E-state index contributed by atoms with van der Waals surface area (Å²) in [6, 6.07) is 0. The monoisotopic (exact) mass is 254 g/mol. The zero-order chi connectivity index (χ0) is 13.0. The predicted octanol–water partition coefficient (Wildman–Crippen LogP) is -0.785. The molecule has 102 valence electrons. The molecule has 0 radical (unpaired) electrons. The van der Waals surface area contributed by atoms with Crippen molar-refractivity contribution in [3.05, 3.63) is 0 Å². The molecule has 2 amide bonds. The standard InChI is InChI=1S/C12H22N4O2/c13-11(17)10-4-2-6-16(8-10)15-12(18)9-3-1-5-14-7-9/h9-10,14H,1-8H2,(H2,13,17)(H,15,18). The minimum atomic E-state index is -0.270. The molecule has 0 aromatic rings. The Hall–Kier alpha value is -1.14. The molecule has 6 nitrogen and oxygen atoms in total. The fourth-order valence-electron chi connectivity index (χ4n) is 2.63. The number of nitrogens with two attached hydrogens (primary N) is 1. The first kappa shape index (κ1) is 13.3. The summed E-state index contributed by atoms with van der Waals surface area (Å²) in [5.74, 6) is -0.295. The van der Waals surface area contributed by atoms with Crippen LogP contribution in [-0.2, 0) is 9.59 Å². The molecule has 2 aliphatic heterocycles. The van der Waals surface area contributed by atoms with E-state index in [1.165, 1.54) is 0 Å². The van der Waals surface area contributed by atoms with Gasteiger partial charge in [0.05, 0.1) is 11.8 Å². The number of primary amides is 1. The fourth-order valence-corrected chi connectivity index (χ4v) is 2.63. The fraction of sp³-hybridized carbons (Fsp3) is 0.833. The van der Waals surface area contributed by atoms with Gasteiger partial charge in [-0.3, -0.25) is 15.0 Å². The summed E-state index contributed by atoms with van der Waals surface area (Å²) in [4.78, 5) is 23.2. The number of piperidine rings is 2. The van der Waals surface area contributed by atoms with E-state index in [1.807, 2.05) is 5.01 Å². The van der Waals surface area contributed by atoms with E-state index in [1.54, 1.807) is 0 Å². The lowest BCUT2D eigenvalue weighted by Crippen LogP contribution is -2.53. The van der Waals surface area contributed by atoms with E-state index < -0.39 is 0 Å². The molecule has 2 unspecified atom stereocenters. The maximum Gasteiger partial charge on any atom is 0.238 e. The molecule has 0 aromatic carbocycles. The average molecular weight is 254 g/mol. The van der Waals surface area contributed by atoms with E-state index >= 15 is 0 Å². The van der Waals surface area contributed by atoms with Gasteiger partial charge >= 0.3 is 0 Å². The van der Waals surface area contributed by atoms with Gasteiger partial charge in [-0.15, -0.1) is 0 Å². The number of nitrogens with one attached hydrogen (secondary N) is 2. The van der Waals surface area contributed by atoms with Crippen LogP contribution in [-0.4, -0.2) is 43.0 Å². The smallest absolute Gasteiger partial charge is 0.238 e. The number of hydrazine groups is 1. The Kier molecular flexibility index (Phi) is 4.54. The van der Waals surface area contributed by atoms with Crippen LogP contribution in [0.2, 0.25) is 0 Å². The number of carbonyl (C=O) groups excluding carboxylic acids is 2. The highest BCUT2D eigenvalue weighted by atomic mass is 16.2. The van der Waals surface area contributed by atoms with Crippen molar-refractivity contribution in [2.24, 2.45) is 17.6 Å². The molecule has 2 fully saturated rings. The van der Waals surface area contributed by atoms with E-state index in [4.69, 9.17) is 5.73 Å². The minimum absolute atomic E-state index is 0.0488. The molecule has 2 saturated heterocycles. The van der Waals surface area contributed by atoms with Crippen LogP contribution in [0.5, 0.6) is 0 Å². The van der Waals surface area contributed by atoms with Gasteiger partial charge in [-0.25, -0.2) is 5.01 Å². The zero-order valence-corrected chi connectivity index (χ0v) is 10.7. The Labute approximate surface area is 107 Å². The zero-order valence-electron chi connectivity index (χ0n) is 10.7. The highest BCUT2D eigenvalue weighted by molar-refractivity contribution is 5.79. The quantitative estimate of drug-likeness (QED) is 0.616. The van der Waals surface area contributed by atoms with Crippen molar-refractivity contribution >= 4 is 11.8 Å². The largest absolute Gasteiger partial charge is 0.369 e. The maximum absolute atomic E-state index is 12.0. The van der Waals surface area contributed by atoms with Gasteiger partial charge in [-0.1, -0.05) is 0 Å². The third-order valence-electron chi connectivity index (χ3n) is 3.76. The Bertz CT molecular complexity index is 315. The lowest BCUT2D eigenvalue weighted by molar-refractivity contribution is -0.133. The van der Waals surface area contributed by atoms with Crippen molar-refractivity contribution in [3.63, 3.8) is 0 Å². The van der Waals surface area contributed by atoms with Gasteiger partial charge < -0.3 is 11.1 Å². The maximum atomic E-state index is 12.0. The summed E-state index contributed by atoms with van der Waals surface area (Å²) in [7, 11) is 0. The van der Waals surface area contributed by atoms with Crippen molar-refractivity contribution in [1.29, 1.82) is 0 Å². The number of hydrogen-bond acceptors (Lipinski definition) is 4. The molecular formula is C12H22N4O2. The van der Waals surface area contributed by atoms with Crippen molar-refractivity contribution in [2.75, 3.05) is 26.2 Å². The van der Waals surface area contributed by atoms with Crippen molar-refractivity contribution in [3.8, 4) is 0 Å². The van der Waals surface area contributed by atoms with Gasteiger partial charge in [-0.05, 0) is 32.2 Å². The molecule has 0 bridgehead atoms. The number of hydrogen-bond donors (Lipinski definition) is 3. The van der Waals surface area contributed by atoms with Crippen LogP contribution in [0.25, 0.3) is 0 Å². The van der Waals surface area contributed by atoms with Crippen LogP contribution in [0.3, 0.4) is 0 Å². The molecular weight excluding hydrogens is 232 g/mol. The second kappa shape index (κ2) is 6.15. The second-order valence-electron chi connectivity index (χ2n) is 5.21. The summed E-state index contributed by atoms with van der Waals surface area (Å²) in [5.41, 5.74) is 8.23. The molecule has 2 aliphatic rings. The van der Waals surface area contributed by atoms with Crippen LogP contribution < -0.4 is 16.5 Å². The first-order valence-corrected chi connectivity index (χ1v) is 6.72. The number of carbonyl (C=O) groups is 2. The Morgan fingerprint density at radius 1 is 1.22 bits per heavy atom. The molecule has 0 aromatic heterocycles. The first-order chi connectivity index (χ1) is 8.66. The summed E-state index contributed by atoms with van der Waals surface area (Å²) in [6.07, 6.45) is 3.71. The molecule has 6 heteroatoms.